The highest BCUT2D eigenvalue weighted by atomic mass is 32.1. The van der Waals surface area contributed by atoms with Crippen molar-refractivity contribution in [1.29, 1.82) is 0 Å². The van der Waals surface area contributed by atoms with Crippen LogP contribution in [0, 0.1) is 28.0 Å². The summed E-state index contributed by atoms with van der Waals surface area (Å²) in [6, 6.07) is 0.210. The van der Waals surface area contributed by atoms with Gasteiger partial charge >= 0.3 is 0 Å². The molecule has 0 saturated carbocycles. The van der Waals surface area contributed by atoms with Crippen LogP contribution in [0.5, 0.6) is 0 Å². The van der Waals surface area contributed by atoms with Crippen molar-refractivity contribution in [3.8, 4) is 0 Å². The minimum atomic E-state index is -1.43. The molecule has 1 aromatic heterocycles. The summed E-state index contributed by atoms with van der Waals surface area (Å²) in [6.45, 7) is 1.18. The fraction of sp³-hybridized carbons (Fsp3) is 0.500. The number of amides is 1. The van der Waals surface area contributed by atoms with Gasteiger partial charge in [0.05, 0.1) is 19.1 Å². The van der Waals surface area contributed by atoms with Crippen molar-refractivity contribution in [1.82, 2.24) is 14.0 Å². The molecule has 1 unspecified atom stereocenters. The number of benzene rings is 1. The number of nitrogens with zero attached hydrogens (tertiary/aromatic N) is 3. The molecule has 5 nitrogen and oxygen atoms in total. The van der Waals surface area contributed by atoms with Crippen LogP contribution in [0.3, 0.4) is 0 Å². The molecule has 30 heavy (non-hydrogen) atoms. The van der Waals surface area contributed by atoms with Crippen LogP contribution in [0.2, 0.25) is 0 Å². The molecule has 162 valence electrons. The van der Waals surface area contributed by atoms with Crippen LogP contribution in [0.25, 0.3) is 0 Å². The van der Waals surface area contributed by atoms with E-state index in [2.05, 4.69) is 0 Å². The van der Waals surface area contributed by atoms with Gasteiger partial charge in [-0.25, -0.2) is 17.6 Å². The Morgan fingerprint density at radius 3 is 2.53 bits per heavy atom. The van der Waals surface area contributed by atoms with Crippen LogP contribution in [0.4, 0.5) is 17.6 Å². The number of imidazole rings is 1. The number of ether oxygens (including phenoxy) is 1. The van der Waals surface area contributed by atoms with E-state index in [1.54, 1.807) is 28.1 Å². The van der Waals surface area contributed by atoms with Gasteiger partial charge in [0.25, 0.3) is 0 Å². The second-order valence-corrected chi connectivity index (χ2v) is 8.19. The lowest BCUT2D eigenvalue weighted by atomic mass is 9.94. The number of aromatic nitrogens is 2. The molecule has 4 rings (SSSR count). The second kappa shape index (κ2) is 7.81. The van der Waals surface area contributed by atoms with Crippen molar-refractivity contribution in [3.63, 3.8) is 0 Å². The topological polar surface area (TPSA) is 39.4 Å². The van der Waals surface area contributed by atoms with Gasteiger partial charge in [-0.1, -0.05) is 0 Å². The summed E-state index contributed by atoms with van der Waals surface area (Å²) < 4.78 is 65.1. The molecule has 1 fully saturated rings. The first kappa shape index (κ1) is 21.0. The summed E-state index contributed by atoms with van der Waals surface area (Å²) in [4.78, 5) is 14.5. The van der Waals surface area contributed by atoms with E-state index < -0.39 is 34.8 Å². The number of likely N-dealkylation sites (N-methyl/N-ethyl adjacent to an activating group) is 1. The number of halogens is 4. The summed E-state index contributed by atoms with van der Waals surface area (Å²) in [7, 11) is 3.45. The third kappa shape index (κ3) is 3.35. The van der Waals surface area contributed by atoms with Gasteiger partial charge in [-0.3, -0.25) is 4.79 Å². The summed E-state index contributed by atoms with van der Waals surface area (Å²) in [5, 5.41) is 0. The number of hydrogen-bond acceptors (Lipinski definition) is 3. The number of hydrogen-bond donors (Lipinski definition) is 0. The largest absolute Gasteiger partial charge is 0.379 e. The maximum atomic E-state index is 14.3. The minimum Gasteiger partial charge on any atom is -0.379 e. The van der Waals surface area contributed by atoms with Gasteiger partial charge in [0.1, 0.15) is 0 Å². The van der Waals surface area contributed by atoms with Crippen molar-refractivity contribution >= 4 is 18.1 Å². The fourth-order valence-electron chi connectivity index (χ4n) is 4.36. The van der Waals surface area contributed by atoms with E-state index in [0.717, 1.165) is 6.42 Å². The summed E-state index contributed by atoms with van der Waals surface area (Å²) in [5.41, 5.74) is 0.669. The number of fused-ring (bicyclic) bond motifs is 1. The highest BCUT2D eigenvalue weighted by Crippen LogP contribution is 2.36. The molecule has 0 spiro atoms. The highest BCUT2D eigenvalue weighted by molar-refractivity contribution is 7.71. The Kier molecular flexibility index (Phi) is 5.48. The Morgan fingerprint density at radius 2 is 1.93 bits per heavy atom. The number of carbonyl (C=O) groups excluding carboxylic acids is 1. The molecule has 0 N–H and O–H groups in total. The van der Waals surface area contributed by atoms with Gasteiger partial charge < -0.3 is 18.8 Å². The first-order valence-electron chi connectivity index (χ1n) is 9.64. The molecule has 3 heterocycles. The van der Waals surface area contributed by atoms with Gasteiger partial charge in [0.2, 0.25) is 5.91 Å². The molecule has 1 aromatic carbocycles. The van der Waals surface area contributed by atoms with Crippen molar-refractivity contribution in [2.45, 2.75) is 37.8 Å². The smallest absolute Gasteiger partial charge is 0.228 e. The molecule has 0 bridgehead atoms. The zero-order chi connectivity index (χ0) is 21.7. The zero-order valence-electron chi connectivity index (χ0n) is 16.6. The lowest BCUT2D eigenvalue weighted by Gasteiger charge is -2.23. The lowest BCUT2D eigenvalue weighted by Crippen LogP contribution is -2.38. The highest BCUT2D eigenvalue weighted by Gasteiger charge is 2.35. The van der Waals surface area contributed by atoms with Crippen LogP contribution in [-0.2, 0) is 36.0 Å². The van der Waals surface area contributed by atoms with E-state index in [0.29, 0.717) is 29.4 Å². The monoisotopic (exact) mass is 443 g/mol. The molecule has 2 aliphatic rings. The van der Waals surface area contributed by atoms with Crippen LogP contribution in [0.15, 0.2) is 6.07 Å². The van der Waals surface area contributed by atoms with Gasteiger partial charge in [-0.15, -0.1) is 0 Å². The molecular weight excluding hydrogens is 422 g/mol. The predicted octanol–water partition coefficient (Wildman–Crippen LogP) is 3.24. The van der Waals surface area contributed by atoms with E-state index in [9.17, 15) is 22.4 Å². The quantitative estimate of drug-likeness (QED) is 0.414. The first-order chi connectivity index (χ1) is 14.2. The van der Waals surface area contributed by atoms with Crippen LogP contribution >= 0.6 is 12.2 Å². The lowest BCUT2D eigenvalue weighted by molar-refractivity contribution is -0.131. The van der Waals surface area contributed by atoms with Crippen molar-refractivity contribution in [2.24, 2.45) is 7.05 Å². The second-order valence-electron chi connectivity index (χ2n) is 7.83. The Morgan fingerprint density at radius 1 is 1.27 bits per heavy atom. The van der Waals surface area contributed by atoms with Crippen molar-refractivity contribution in [2.75, 3.05) is 20.3 Å². The third-order valence-corrected chi connectivity index (χ3v) is 6.64. The first-order valence-corrected chi connectivity index (χ1v) is 10.0. The molecule has 10 heteroatoms. The van der Waals surface area contributed by atoms with Crippen LogP contribution in [0.1, 0.15) is 29.3 Å². The van der Waals surface area contributed by atoms with Gasteiger partial charge in [0, 0.05) is 56.2 Å². The minimum absolute atomic E-state index is 0.00708. The number of rotatable bonds is 4. The summed E-state index contributed by atoms with van der Waals surface area (Å²) in [5.74, 6) is -6.58. The molecule has 1 amide bonds. The molecule has 2 aromatic rings. The normalized spacial score (nSPS) is 20.6. The molecule has 2 atom stereocenters. The standard InChI is InChI=1S/C20H21F4N3O2S/c1-25(11-3-4-29-9-11)16(28)7-14-15-5-10(8-27(15)20(30)26(14)2)17-18(23)12(21)6-13(22)19(17)24/h6,10-11H,3-5,7-9H2,1-2H3/t10-,11?/m0/s1. The molecule has 1 saturated heterocycles. The van der Waals surface area contributed by atoms with E-state index in [1.165, 1.54) is 0 Å². The summed E-state index contributed by atoms with van der Waals surface area (Å²) >= 11 is 5.43. The van der Waals surface area contributed by atoms with Crippen molar-refractivity contribution in [3.05, 3.63) is 51.1 Å². The van der Waals surface area contributed by atoms with Crippen LogP contribution in [-0.4, -0.2) is 46.2 Å². The molecule has 2 aliphatic heterocycles. The predicted molar refractivity (Wildman–Crippen MR) is 103 cm³/mol. The maximum Gasteiger partial charge on any atom is 0.228 e. The van der Waals surface area contributed by atoms with Gasteiger partial charge in [0.15, 0.2) is 28.0 Å². The van der Waals surface area contributed by atoms with Crippen LogP contribution < -0.4 is 0 Å². The Labute approximate surface area is 175 Å². The fourth-order valence-corrected chi connectivity index (χ4v) is 4.65. The van der Waals surface area contributed by atoms with E-state index in [1.807, 2.05) is 0 Å². The zero-order valence-corrected chi connectivity index (χ0v) is 17.4. The Hall–Kier alpha value is -2.20. The van der Waals surface area contributed by atoms with E-state index >= 15 is 0 Å². The average Bonchev–Trinajstić information content (AvgIpc) is 3.42. The SMILES string of the molecule is CN(C(=O)Cc1c2n(c(=S)n1C)C[C@@H](c1c(F)c(F)cc(F)c1F)C2)C1CCOC1. The number of carbonyl (C=O) groups is 1. The third-order valence-electron chi connectivity index (χ3n) is 6.14. The Balaban J connectivity index is 1.64. The summed E-state index contributed by atoms with van der Waals surface area (Å²) in [6.07, 6.45) is 0.949. The maximum absolute atomic E-state index is 14.3. The van der Waals surface area contributed by atoms with Gasteiger partial charge in [-0.2, -0.15) is 0 Å². The average molecular weight is 443 g/mol. The molecular formula is C20H21F4N3O2S. The van der Waals surface area contributed by atoms with E-state index in [4.69, 9.17) is 17.0 Å². The van der Waals surface area contributed by atoms with E-state index in [-0.39, 0.29) is 37.4 Å². The van der Waals surface area contributed by atoms with Gasteiger partial charge in [-0.05, 0) is 25.1 Å². The molecule has 0 aliphatic carbocycles. The van der Waals surface area contributed by atoms with Crippen molar-refractivity contribution < 1.29 is 27.1 Å². The Bertz CT molecular complexity index is 1050. The molecule has 0 radical (unpaired) electrons.